The number of hydrogen-bond donors (Lipinski definition) is 1. The molecule has 19 heavy (non-hydrogen) atoms. The van der Waals surface area contributed by atoms with Crippen molar-refractivity contribution in [1.82, 2.24) is 14.8 Å². The van der Waals surface area contributed by atoms with Crippen LogP contribution in [0.3, 0.4) is 0 Å². The van der Waals surface area contributed by atoms with E-state index < -0.39 is 0 Å². The molecule has 0 aliphatic rings. The molecular weight excluding hydrogens is 234 g/mol. The zero-order valence-corrected chi connectivity index (χ0v) is 12.3. The van der Waals surface area contributed by atoms with Gasteiger partial charge in [-0.25, -0.2) is 0 Å². The Balaban J connectivity index is 2.16. The lowest BCUT2D eigenvalue weighted by atomic mass is 10.1. The monoisotopic (exact) mass is 259 g/mol. The van der Waals surface area contributed by atoms with Gasteiger partial charge >= 0.3 is 0 Å². The Hall–Kier alpha value is -1.32. The van der Waals surface area contributed by atoms with Gasteiger partial charge in [0.05, 0.1) is 0 Å². The topological polar surface area (TPSA) is 20.2 Å². The minimum Gasteiger partial charge on any atom is -0.346 e. The van der Waals surface area contributed by atoms with Gasteiger partial charge in [-0.3, -0.25) is 0 Å². The third kappa shape index (κ3) is 3.58. The zero-order valence-electron chi connectivity index (χ0n) is 12.3. The lowest BCUT2D eigenvalue weighted by Gasteiger charge is -2.11. The van der Waals surface area contributed by atoms with Gasteiger partial charge in [-0.2, -0.15) is 0 Å². The van der Waals surface area contributed by atoms with E-state index in [9.17, 15) is 0 Å². The Morgan fingerprint density at radius 2 is 2.05 bits per heavy atom. The van der Waals surface area contributed by atoms with Gasteiger partial charge in [-0.05, 0) is 44.8 Å². The Morgan fingerprint density at radius 3 is 2.79 bits per heavy atom. The number of hydrogen-bond acceptors (Lipinski definition) is 2. The van der Waals surface area contributed by atoms with Gasteiger partial charge in [0.1, 0.15) is 0 Å². The molecule has 0 atom stereocenters. The van der Waals surface area contributed by atoms with Gasteiger partial charge in [-0.1, -0.05) is 19.1 Å². The van der Waals surface area contributed by atoms with E-state index in [0.717, 1.165) is 26.2 Å². The highest BCUT2D eigenvalue weighted by atomic mass is 15.1. The number of fused-ring (bicyclic) bond motifs is 1. The molecule has 1 heterocycles. The second-order valence-corrected chi connectivity index (χ2v) is 5.34. The van der Waals surface area contributed by atoms with Crippen LogP contribution in [0.15, 0.2) is 30.5 Å². The second-order valence-electron chi connectivity index (χ2n) is 5.34. The molecule has 1 aromatic carbocycles. The summed E-state index contributed by atoms with van der Waals surface area (Å²) in [4.78, 5) is 2.22. The first kappa shape index (κ1) is 14.1. The quantitative estimate of drug-likeness (QED) is 0.772. The highest BCUT2D eigenvalue weighted by Crippen LogP contribution is 2.20. The Bertz CT molecular complexity index is 514. The van der Waals surface area contributed by atoms with Crippen LogP contribution in [0.1, 0.15) is 18.9 Å². The number of aromatic nitrogens is 1. The van der Waals surface area contributed by atoms with Crippen LogP contribution >= 0.6 is 0 Å². The van der Waals surface area contributed by atoms with Gasteiger partial charge in [0.15, 0.2) is 0 Å². The van der Waals surface area contributed by atoms with Gasteiger partial charge in [0.25, 0.3) is 0 Å². The Labute approximate surface area is 116 Å². The molecule has 0 unspecified atom stereocenters. The average molecular weight is 259 g/mol. The fourth-order valence-electron chi connectivity index (χ4n) is 2.34. The molecule has 0 saturated carbocycles. The maximum Gasteiger partial charge on any atom is 0.0483 e. The summed E-state index contributed by atoms with van der Waals surface area (Å²) in [6, 6.07) is 8.85. The van der Waals surface area contributed by atoms with Crippen molar-refractivity contribution >= 4 is 10.9 Å². The minimum absolute atomic E-state index is 0.961. The third-order valence-corrected chi connectivity index (χ3v) is 3.43. The summed E-state index contributed by atoms with van der Waals surface area (Å²) in [6.07, 6.45) is 3.39. The Morgan fingerprint density at radius 1 is 1.21 bits per heavy atom. The maximum atomic E-state index is 3.49. The van der Waals surface area contributed by atoms with Crippen LogP contribution in [-0.2, 0) is 13.1 Å². The van der Waals surface area contributed by atoms with Crippen molar-refractivity contribution in [3.8, 4) is 0 Å². The molecule has 0 saturated heterocycles. The highest BCUT2D eigenvalue weighted by Gasteiger charge is 2.05. The first-order valence-corrected chi connectivity index (χ1v) is 7.14. The molecule has 0 spiro atoms. The van der Waals surface area contributed by atoms with Crippen LogP contribution in [0, 0.1) is 0 Å². The van der Waals surface area contributed by atoms with E-state index in [2.05, 4.69) is 66.3 Å². The molecule has 2 rings (SSSR count). The standard InChI is InChI=1S/C16H25N3/c1-4-9-17-13-14-6-5-7-16-15(14)8-10-19(16)12-11-18(2)3/h5-8,10,17H,4,9,11-13H2,1-3H3. The van der Waals surface area contributed by atoms with Crippen LogP contribution < -0.4 is 5.32 Å². The van der Waals surface area contributed by atoms with E-state index in [4.69, 9.17) is 0 Å². The van der Waals surface area contributed by atoms with Crippen LogP contribution in [-0.4, -0.2) is 36.7 Å². The fraction of sp³-hybridized carbons (Fsp3) is 0.500. The number of rotatable bonds is 7. The molecule has 0 amide bonds. The molecule has 1 aromatic heterocycles. The molecule has 3 heteroatoms. The molecule has 104 valence electrons. The molecule has 0 aliphatic heterocycles. The van der Waals surface area contributed by atoms with E-state index >= 15 is 0 Å². The minimum atomic E-state index is 0.961. The smallest absolute Gasteiger partial charge is 0.0483 e. The summed E-state index contributed by atoms with van der Waals surface area (Å²) in [5, 5.41) is 4.86. The first-order valence-electron chi connectivity index (χ1n) is 7.14. The van der Waals surface area contributed by atoms with Gasteiger partial charge in [0.2, 0.25) is 0 Å². The van der Waals surface area contributed by atoms with E-state index in [0.29, 0.717) is 0 Å². The fourth-order valence-corrected chi connectivity index (χ4v) is 2.34. The van der Waals surface area contributed by atoms with Gasteiger partial charge in [-0.15, -0.1) is 0 Å². The van der Waals surface area contributed by atoms with Crippen molar-refractivity contribution in [2.75, 3.05) is 27.2 Å². The van der Waals surface area contributed by atoms with Crippen LogP contribution in [0.25, 0.3) is 10.9 Å². The van der Waals surface area contributed by atoms with Crippen molar-refractivity contribution in [1.29, 1.82) is 0 Å². The first-order chi connectivity index (χ1) is 9.22. The summed E-state index contributed by atoms with van der Waals surface area (Å²) in [7, 11) is 4.23. The summed E-state index contributed by atoms with van der Waals surface area (Å²) in [5.74, 6) is 0. The van der Waals surface area contributed by atoms with E-state index in [1.54, 1.807) is 0 Å². The number of benzene rings is 1. The molecule has 3 nitrogen and oxygen atoms in total. The summed E-state index contributed by atoms with van der Waals surface area (Å²) in [6.45, 7) is 6.36. The van der Waals surface area contributed by atoms with E-state index in [1.165, 1.54) is 22.9 Å². The SMILES string of the molecule is CCCNCc1cccc2c1ccn2CCN(C)C. The van der Waals surface area contributed by atoms with Crippen LogP contribution in [0.5, 0.6) is 0 Å². The Kier molecular flexibility index (Phi) is 5.00. The molecule has 0 fully saturated rings. The number of nitrogens with one attached hydrogen (secondary N) is 1. The van der Waals surface area contributed by atoms with Gasteiger partial charge < -0.3 is 14.8 Å². The largest absolute Gasteiger partial charge is 0.346 e. The van der Waals surface area contributed by atoms with Crippen molar-refractivity contribution in [3.05, 3.63) is 36.0 Å². The molecule has 0 bridgehead atoms. The van der Waals surface area contributed by atoms with E-state index in [-0.39, 0.29) is 0 Å². The van der Waals surface area contributed by atoms with Crippen molar-refractivity contribution < 1.29 is 0 Å². The molecule has 0 radical (unpaired) electrons. The van der Waals surface area contributed by atoms with Crippen LogP contribution in [0.4, 0.5) is 0 Å². The maximum absolute atomic E-state index is 3.49. The van der Waals surface area contributed by atoms with Crippen molar-refractivity contribution in [2.45, 2.75) is 26.4 Å². The molecule has 0 aliphatic carbocycles. The molecule has 2 aromatic rings. The normalized spacial score (nSPS) is 11.6. The van der Waals surface area contributed by atoms with Crippen molar-refractivity contribution in [2.24, 2.45) is 0 Å². The van der Waals surface area contributed by atoms with Gasteiger partial charge in [0, 0.05) is 36.7 Å². The zero-order chi connectivity index (χ0) is 13.7. The predicted molar refractivity (Wildman–Crippen MR) is 82.5 cm³/mol. The molecule has 1 N–H and O–H groups in total. The summed E-state index contributed by atoms with van der Waals surface area (Å²) >= 11 is 0. The van der Waals surface area contributed by atoms with E-state index in [1.807, 2.05) is 0 Å². The predicted octanol–water partition coefficient (Wildman–Crippen LogP) is 2.70. The second kappa shape index (κ2) is 6.73. The van der Waals surface area contributed by atoms with Crippen LogP contribution in [0.2, 0.25) is 0 Å². The highest BCUT2D eigenvalue weighted by molar-refractivity contribution is 5.83. The molecular formula is C16H25N3. The average Bonchev–Trinajstić information content (AvgIpc) is 2.81. The number of likely N-dealkylation sites (N-methyl/N-ethyl adjacent to an activating group) is 1. The lowest BCUT2D eigenvalue weighted by Crippen LogP contribution is -2.18. The summed E-state index contributed by atoms with van der Waals surface area (Å²) in [5.41, 5.74) is 2.74. The third-order valence-electron chi connectivity index (χ3n) is 3.43. The number of nitrogens with zero attached hydrogens (tertiary/aromatic N) is 2. The lowest BCUT2D eigenvalue weighted by molar-refractivity contribution is 0.387. The van der Waals surface area contributed by atoms with Crippen molar-refractivity contribution in [3.63, 3.8) is 0 Å². The summed E-state index contributed by atoms with van der Waals surface area (Å²) < 4.78 is 2.35.